The number of nitrogens with zero attached hydrogens (tertiary/aromatic N) is 1. The van der Waals surface area contributed by atoms with Crippen molar-refractivity contribution in [1.29, 1.82) is 0 Å². The van der Waals surface area contributed by atoms with E-state index >= 15 is 0 Å². The molecule has 1 aromatic carbocycles. The highest BCUT2D eigenvalue weighted by atomic mass is 32.2. The molecule has 0 bridgehead atoms. The highest BCUT2D eigenvalue weighted by molar-refractivity contribution is 7.89. The van der Waals surface area contributed by atoms with Gasteiger partial charge in [0, 0.05) is 33.1 Å². The fourth-order valence-electron chi connectivity index (χ4n) is 1.85. The molecule has 1 aromatic rings. The molecule has 0 unspecified atom stereocenters. The van der Waals surface area contributed by atoms with Crippen LogP contribution in [-0.2, 0) is 14.8 Å². The molecule has 0 saturated carbocycles. The van der Waals surface area contributed by atoms with Crippen LogP contribution in [0.25, 0.3) is 0 Å². The second-order valence-electron chi connectivity index (χ2n) is 5.31. The van der Waals surface area contributed by atoms with E-state index in [9.17, 15) is 13.2 Å². The monoisotopic (exact) mass is 327 g/mol. The van der Waals surface area contributed by atoms with Gasteiger partial charge in [0.2, 0.25) is 15.9 Å². The summed E-state index contributed by atoms with van der Waals surface area (Å²) in [7, 11) is -0.0496. The molecular formula is C15H25N3O3S. The maximum Gasteiger partial charge on any atom is 0.240 e. The van der Waals surface area contributed by atoms with Crippen LogP contribution in [0, 0.1) is 13.8 Å². The number of sulfonamides is 1. The number of benzene rings is 1. The lowest BCUT2D eigenvalue weighted by atomic mass is 10.1. The van der Waals surface area contributed by atoms with Crippen molar-refractivity contribution < 1.29 is 13.2 Å². The Morgan fingerprint density at radius 3 is 2.45 bits per heavy atom. The van der Waals surface area contributed by atoms with Crippen molar-refractivity contribution in [2.24, 2.45) is 0 Å². The van der Waals surface area contributed by atoms with Crippen LogP contribution < -0.4 is 10.0 Å². The first-order valence-corrected chi connectivity index (χ1v) is 8.71. The summed E-state index contributed by atoms with van der Waals surface area (Å²) in [5, 5.41) is 2.96. The molecule has 0 aromatic heterocycles. The first-order valence-electron chi connectivity index (χ1n) is 7.23. The van der Waals surface area contributed by atoms with Crippen LogP contribution in [0.5, 0.6) is 0 Å². The van der Waals surface area contributed by atoms with Gasteiger partial charge in [0.1, 0.15) is 0 Å². The topological polar surface area (TPSA) is 78.5 Å². The van der Waals surface area contributed by atoms with E-state index in [0.717, 1.165) is 11.1 Å². The number of nitrogens with one attached hydrogen (secondary N) is 2. The number of hydrogen-bond donors (Lipinski definition) is 2. The Kier molecular flexibility index (Phi) is 6.99. The molecule has 124 valence electrons. The van der Waals surface area contributed by atoms with E-state index in [1.165, 1.54) is 0 Å². The summed E-state index contributed by atoms with van der Waals surface area (Å²) in [6.45, 7) is 5.20. The van der Waals surface area contributed by atoms with Crippen molar-refractivity contribution in [3.05, 3.63) is 29.3 Å². The maximum atomic E-state index is 12.2. The Bertz CT molecular complexity index is 614. The smallest absolute Gasteiger partial charge is 0.240 e. The fourth-order valence-corrected chi connectivity index (χ4v) is 2.97. The van der Waals surface area contributed by atoms with Gasteiger partial charge in [0.15, 0.2) is 0 Å². The molecule has 22 heavy (non-hydrogen) atoms. The van der Waals surface area contributed by atoms with Gasteiger partial charge in [-0.3, -0.25) is 4.79 Å². The van der Waals surface area contributed by atoms with Gasteiger partial charge in [-0.05, 0) is 44.2 Å². The highest BCUT2D eigenvalue weighted by Gasteiger charge is 2.15. The Balaban J connectivity index is 2.56. The predicted octanol–water partition coefficient (Wildman–Crippen LogP) is 0.650. The molecule has 0 aliphatic heterocycles. The molecule has 6 nitrogen and oxygen atoms in total. The molecule has 0 aliphatic rings. The van der Waals surface area contributed by atoms with E-state index < -0.39 is 10.0 Å². The molecule has 0 fully saturated rings. The lowest BCUT2D eigenvalue weighted by molar-refractivity contribution is -0.129. The van der Waals surface area contributed by atoms with Crippen LogP contribution in [-0.4, -0.2) is 53.0 Å². The van der Waals surface area contributed by atoms with Gasteiger partial charge >= 0.3 is 0 Å². The zero-order valence-corrected chi connectivity index (χ0v) is 14.5. The predicted molar refractivity (Wildman–Crippen MR) is 87.3 cm³/mol. The second-order valence-corrected chi connectivity index (χ2v) is 7.08. The van der Waals surface area contributed by atoms with Gasteiger partial charge in [-0.2, -0.15) is 0 Å². The fraction of sp³-hybridized carbons (Fsp3) is 0.533. The van der Waals surface area contributed by atoms with Crippen molar-refractivity contribution in [3.8, 4) is 0 Å². The van der Waals surface area contributed by atoms with E-state index in [4.69, 9.17) is 0 Å². The minimum absolute atomic E-state index is 0.0852. The summed E-state index contributed by atoms with van der Waals surface area (Å²) in [5.41, 5.74) is 1.96. The molecule has 0 spiro atoms. The maximum absolute atomic E-state index is 12.2. The van der Waals surface area contributed by atoms with Gasteiger partial charge < -0.3 is 10.2 Å². The quantitative estimate of drug-likeness (QED) is 0.735. The molecule has 0 radical (unpaired) electrons. The standard InChI is InChI=1S/C15H25N3O3S/c1-12-5-6-14(11-13(12)2)22(20,21)17-8-7-15(19)18(4)10-9-16-3/h5-6,11,16-17H,7-10H2,1-4H3. The Labute approximate surface area is 132 Å². The Hall–Kier alpha value is -1.44. The second kappa shape index (κ2) is 8.26. The van der Waals surface area contributed by atoms with Crippen molar-refractivity contribution >= 4 is 15.9 Å². The Morgan fingerprint density at radius 2 is 1.86 bits per heavy atom. The zero-order valence-electron chi connectivity index (χ0n) is 13.6. The number of carbonyl (C=O) groups excluding carboxylic acids is 1. The molecule has 1 amide bonds. The van der Waals surface area contributed by atoms with Gasteiger partial charge in [-0.1, -0.05) is 6.07 Å². The molecule has 0 heterocycles. The third kappa shape index (κ3) is 5.40. The normalized spacial score (nSPS) is 11.5. The Morgan fingerprint density at radius 1 is 1.18 bits per heavy atom. The van der Waals surface area contributed by atoms with Crippen molar-refractivity contribution in [1.82, 2.24) is 14.9 Å². The van der Waals surface area contributed by atoms with Crippen molar-refractivity contribution in [2.75, 3.05) is 33.7 Å². The molecule has 0 saturated heterocycles. The third-order valence-electron chi connectivity index (χ3n) is 3.54. The van der Waals surface area contributed by atoms with Crippen LogP contribution in [0.3, 0.4) is 0 Å². The van der Waals surface area contributed by atoms with E-state index in [-0.39, 0.29) is 23.8 Å². The number of likely N-dealkylation sites (N-methyl/N-ethyl adjacent to an activating group) is 2. The van der Waals surface area contributed by atoms with Crippen LogP contribution in [0.1, 0.15) is 17.5 Å². The first kappa shape index (κ1) is 18.6. The zero-order chi connectivity index (χ0) is 16.8. The first-order chi connectivity index (χ1) is 10.3. The van der Waals surface area contributed by atoms with Gasteiger partial charge in [0.25, 0.3) is 0 Å². The van der Waals surface area contributed by atoms with E-state index in [1.807, 2.05) is 20.9 Å². The van der Waals surface area contributed by atoms with Gasteiger partial charge in [-0.25, -0.2) is 13.1 Å². The van der Waals surface area contributed by atoms with Crippen LogP contribution in [0.4, 0.5) is 0 Å². The minimum atomic E-state index is -3.57. The number of hydrogen-bond acceptors (Lipinski definition) is 4. The third-order valence-corrected chi connectivity index (χ3v) is 5.00. The molecule has 2 N–H and O–H groups in total. The average Bonchev–Trinajstić information content (AvgIpc) is 2.47. The number of amides is 1. The van der Waals surface area contributed by atoms with Crippen molar-refractivity contribution in [2.45, 2.75) is 25.2 Å². The number of carbonyl (C=O) groups is 1. The SMILES string of the molecule is CNCCN(C)C(=O)CCNS(=O)(=O)c1ccc(C)c(C)c1. The summed E-state index contributed by atoms with van der Waals surface area (Å²) in [4.78, 5) is 13.6. The minimum Gasteiger partial charge on any atom is -0.344 e. The number of rotatable bonds is 8. The number of aryl methyl sites for hydroxylation is 2. The van der Waals surface area contributed by atoms with E-state index in [0.29, 0.717) is 13.1 Å². The molecule has 1 rings (SSSR count). The summed E-state index contributed by atoms with van der Waals surface area (Å²) < 4.78 is 26.8. The molecule has 0 aliphatic carbocycles. The lowest BCUT2D eigenvalue weighted by Gasteiger charge is -2.17. The van der Waals surface area contributed by atoms with E-state index in [1.54, 1.807) is 30.1 Å². The van der Waals surface area contributed by atoms with Crippen LogP contribution >= 0.6 is 0 Å². The summed E-state index contributed by atoms with van der Waals surface area (Å²) >= 11 is 0. The largest absolute Gasteiger partial charge is 0.344 e. The van der Waals surface area contributed by atoms with E-state index in [2.05, 4.69) is 10.0 Å². The average molecular weight is 327 g/mol. The van der Waals surface area contributed by atoms with Gasteiger partial charge in [-0.15, -0.1) is 0 Å². The van der Waals surface area contributed by atoms with Crippen LogP contribution in [0.2, 0.25) is 0 Å². The molecule has 0 atom stereocenters. The summed E-state index contributed by atoms with van der Waals surface area (Å²) in [6.07, 6.45) is 0.143. The van der Waals surface area contributed by atoms with Gasteiger partial charge in [0.05, 0.1) is 4.90 Å². The molecular weight excluding hydrogens is 302 g/mol. The van der Waals surface area contributed by atoms with Crippen LogP contribution in [0.15, 0.2) is 23.1 Å². The highest BCUT2D eigenvalue weighted by Crippen LogP contribution is 2.14. The van der Waals surface area contributed by atoms with Crippen molar-refractivity contribution in [3.63, 3.8) is 0 Å². The summed E-state index contributed by atoms with van der Waals surface area (Å²) in [6, 6.07) is 4.99. The summed E-state index contributed by atoms with van der Waals surface area (Å²) in [5.74, 6) is -0.0852. The lowest BCUT2D eigenvalue weighted by Crippen LogP contribution is -2.35. The molecule has 7 heteroatoms.